The number of pyridine rings is 1. The van der Waals surface area contributed by atoms with Crippen molar-refractivity contribution >= 4 is 0 Å². The summed E-state index contributed by atoms with van der Waals surface area (Å²) in [7, 11) is 0. The summed E-state index contributed by atoms with van der Waals surface area (Å²) in [6.07, 6.45) is 8.07. The molecule has 4 heteroatoms. The van der Waals surface area contributed by atoms with Gasteiger partial charge in [0.25, 0.3) is 0 Å². The number of aromatic nitrogens is 1. The van der Waals surface area contributed by atoms with Crippen molar-refractivity contribution in [3.63, 3.8) is 0 Å². The van der Waals surface area contributed by atoms with Gasteiger partial charge in [-0.05, 0) is 43.4 Å². The number of rotatable bonds is 3. The highest BCUT2D eigenvalue weighted by Crippen LogP contribution is 2.29. The molecule has 0 radical (unpaired) electrons. The number of hydrogen-bond acceptors (Lipinski definition) is 3. The monoisotopic (exact) mass is 221 g/mol. The first-order valence-electron chi connectivity index (χ1n) is 5.58. The van der Waals surface area contributed by atoms with Gasteiger partial charge in [0.1, 0.15) is 5.82 Å². The van der Waals surface area contributed by atoms with Gasteiger partial charge in [-0.25, -0.2) is 9.82 Å². The van der Waals surface area contributed by atoms with Crippen LogP contribution in [0.2, 0.25) is 0 Å². The second-order valence-corrected chi connectivity index (χ2v) is 3.99. The highest BCUT2D eigenvalue weighted by atomic mass is 19.1. The van der Waals surface area contributed by atoms with Crippen LogP contribution in [0.25, 0.3) is 0 Å². The van der Waals surface area contributed by atoms with Crippen LogP contribution in [0.15, 0.2) is 30.0 Å². The second kappa shape index (κ2) is 5.18. The molecule has 1 aliphatic carbocycles. The zero-order valence-corrected chi connectivity index (χ0v) is 9.12. The summed E-state index contributed by atoms with van der Waals surface area (Å²) >= 11 is 0. The molecule has 1 atom stereocenters. The molecule has 3 nitrogen and oxygen atoms in total. The molecule has 1 aromatic rings. The third kappa shape index (κ3) is 2.28. The summed E-state index contributed by atoms with van der Waals surface area (Å²) in [5, 5.41) is 0. The number of halogens is 1. The number of nitrogens with one attached hydrogen (secondary N) is 1. The third-order valence-electron chi connectivity index (χ3n) is 2.92. The van der Waals surface area contributed by atoms with Crippen molar-refractivity contribution < 1.29 is 4.39 Å². The van der Waals surface area contributed by atoms with Crippen LogP contribution in [0.5, 0.6) is 0 Å². The van der Waals surface area contributed by atoms with Crippen LogP contribution in [0.1, 0.15) is 37.4 Å². The zero-order chi connectivity index (χ0) is 11.4. The molecule has 1 aromatic heterocycles. The molecule has 0 bridgehead atoms. The third-order valence-corrected chi connectivity index (χ3v) is 2.92. The summed E-state index contributed by atoms with van der Waals surface area (Å²) in [5.41, 5.74) is 4.19. The lowest BCUT2D eigenvalue weighted by molar-refractivity contribution is 0.514. The molecule has 0 amide bonds. The minimum absolute atomic E-state index is 0.290. The molecule has 1 heterocycles. The number of hydrazine groups is 1. The van der Waals surface area contributed by atoms with Crippen molar-refractivity contribution in [3.8, 4) is 0 Å². The lowest BCUT2D eigenvalue weighted by Gasteiger charge is -2.22. The Hall–Kier alpha value is -1.26. The van der Waals surface area contributed by atoms with Gasteiger partial charge in [-0.2, -0.15) is 0 Å². The van der Waals surface area contributed by atoms with E-state index in [0.29, 0.717) is 5.69 Å². The summed E-state index contributed by atoms with van der Waals surface area (Å²) in [6, 6.07) is 2.71. The highest BCUT2D eigenvalue weighted by Gasteiger charge is 2.20. The Bertz CT molecular complexity index is 390. The van der Waals surface area contributed by atoms with Gasteiger partial charge in [0.2, 0.25) is 0 Å². The maximum atomic E-state index is 13.6. The van der Waals surface area contributed by atoms with Crippen LogP contribution < -0.4 is 11.3 Å². The van der Waals surface area contributed by atoms with E-state index in [4.69, 9.17) is 5.84 Å². The maximum Gasteiger partial charge on any atom is 0.146 e. The van der Waals surface area contributed by atoms with E-state index in [1.54, 1.807) is 12.3 Å². The van der Waals surface area contributed by atoms with Gasteiger partial charge in [0.05, 0.1) is 11.7 Å². The normalized spacial score (nSPS) is 18.0. The molecule has 0 aromatic carbocycles. The Balaban J connectivity index is 2.28. The standard InChI is InChI=1S/C12H16FN3/c13-10-7-4-8-15-12(10)11(16-14)9-5-2-1-3-6-9/h4-5,7-8,11,16H,1-3,6,14H2. The number of allylic oxidation sites excluding steroid dienone is 1. The van der Waals surface area contributed by atoms with E-state index in [2.05, 4.69) is 16.5 Å². The maximum absolute atomic E-state index is 13.6. The SMILES string of the molecule is NNC(C1=CCCCC1)c1ncccc1F. The highest BCUT2D eigenvalue weighted by molar-refractivity contribution is 5.24. The van der Waals surface area contributed by atoms with E-state index in [9.17, 15) is 4.39 Å². The average Bonchev–Trinajstić information content (AvgIpc) is 2.34. The fourth-order valence-corrected chi connectivity index (χ4v) is 2.10. The summed E-state index contributed by atoms with van der Waals surface area (Å²) in [6.45, 7) is 0. The van der Waals surface area contributed by atoms with E-state index in [1.165, 1.54) is 12.5 Å². The van der Waals surface area contributed by atoms with Crippen LogP contribution >= 0.6 is 0 Å². The van der Waals surface area contributed by atoms with Gasteiger partial charge in [0, 0.05) is 6.20 Å². The van der Waals surface area contributed by atoms with Gasteiger partial charge in [-0.3, -0.25) is 10.8 Å². The van der Waals surface area contributed by atoms with Gasteiger partial charge < -0.3 is 0 Å². The van der Waals surface area contributed by atoms with Crippen molar-refractivity contribution in [1.82, 2.24) is 10.4 Å². The fraction of sp³-hybridized carbons (Fsp3) is 0.417. The first-order chi connectivity index (χ1) is 7.83. The molecule has 16 heavy (non-hydrogen) atoms. The smallest absolute Gasteiger partial charge is 0.146 e. The zero-order valence-electron chi connectivity index (χ0n) is 9.12. The number of nitrogens with zero attached hydrogens (tertiary/aromatic N) is 1. The summed E-state index contributed by atoms with van der Waals surface area (Å²) < 4.78 is 13.6. The Labute approximate surface area is 94.5 Å². The van der Waals surface area contributed by atoms with E-state index < -0.39 is 0 Å². The largest absolute Gasteiger partial charge is 0.271 e. The quantitative estimate of drug-likeness (QED) is 0.467. The first-order valence-corrected chi connectivity index (χ1v) is 5.58. The molecule has 1 aliphatic rings. The summed E-state index contributed by atoms with van der Waals surface area (Å²) in [4.78, 5) is 4.07. The first kappa shape index (κ1) is 11.2. The van der Waals surface area contributed by atoms with Gasteiger partial charge in [0.15, 0.2) is 0 Å². The van der Waals surface area contributed by atoms with E-state index in [0.717, 1.165) is 24.8 Å². The Kier molecular flexibility index (Phi) is 3.64. The molecular weight excluding hydrogens is 205 g/mol. The molecule has 86 valence electrons. The molecule has 3 N–H and O–H groups in total. The van der Waals surface area contributed by atoms with E-state index in [-0.39, 0.29) is 11.9 Å². The topological polar surface area (TPSA) is 50.9 Å². The minimum atomic E-state index is -0.308. The molecule has 0 aliphatic heterocycles. The fourth-order valence-electron chi connectivity index (χ4n) is 2.10. The summed E-state index contributed by atoms with van der Waals surface area (Å²) in [5.74, 6) is 5.20. The van der Waals surface area contributed by atoms with E-state index in [1.807, 2.05) is 0 Å². The van der Waals surface area contributed by atoms with Crippen LogP contribution in [-0.4, -0.2) is 4.98 Å². The number of hydrogen-bond donors (Lipinski definition) is 2. The Morgan fingerprint density at radius 3 is 2.94 bits per heavy atom. The minimum Gasteiger partial charge on any atom is -0.271 e. The Morgan fingerprint density at radius 2 is 2.31 bits per heavy atom. The number of nitrogens with two attached hydrogens (primary N) is 1. The van der Waals surface area contributed by atoms with E-state index >= 15 is 0 Å². The van der Waals surface area contributed by atoms with Crippen LogP contribution in [0, 0.1) is 5.82 Å². The van der Waals surface area contributed by atoms with Gasteiger partial charge >= 0.3 is 0 Å². The van der Waals surface area contributed by atoms with Crippen LogP contribution in [-0.2, 0) is 0 Å². The molecule has 1 unspecified atom stereocenters. The van der Waals surface area contributed by atoms with Crippen molar-refractivity contribution in [2.24, 2.45) is 5.84 Å². The average molecular weight is 221 g/mol. The lowest BCUT2D eigenvalue weighted by atomic mass is 9.92. The van der Waals surface area contributed by atoms with Crippen LogP contribution in [0.3, 0.4) is 0 Å². The van der Waals surface area contributed by atoms with Crippen molar-refractivity contribution in [3.05, 3.63) is 41.5 Å². The molecular formula is C12H16FN3. The van der Waals surface area contributed by atoms with Gasteiger partial charge in [-0.1, -0.05) is 6.08 Å². The molecule has 0 saturated heterocycles. The Morgan fingerprint density at radius 1 is 1.44 bits per heavy atom. The lowest BCUT2D eigenvalue weighted by Crippen LogP contribution is -2.31. The van der Waals surface area contributed by atoms with Crippen molar-refractivity contribution in [2.45, 2.75) is 31.7 Å². The molecule has 0 spiro atoms. The van der Waals surface area contributed by atoms with Crippen molar-refractivity contribution in [1.29, 1.82) is 0 Å². The predicted octanol–water partition coefficient (Wildman–Crippen LogP) is 2.23. The van der Waals surface area contributed by atoms with Crippen molar-refractivity contribution in [2.75, 3.05) is 0 Å². The predicted molar refractivity (Wildman–Crippen MR) is 60.8 cm³/mol. The molecule has 2 rings (SSSR count). The molecule has 0 saturated carbocycles. The molecule has 0 fully saturated rings. The van der Waals surface area contributed by atoms with Gasteiger partial charge in [-0.15, -0.1) is 0 Å². The van der Waals surface area contributed by atoms with Crippen LogP contribution in [0.4, 0.5) is 4.39 Å². The second-order valence-electron chi connectivity index (χ2n) is 3.99.